The minimum atomic E-state index is -0.198. The minimum Gasteiger partial charge on any atom is -0.342 e. The number of imidazole rings is 1. The summed E-state index contributed by atoms with van der Waals surface area (Å²) in [5.74, 6) is 1.71. The summed E-state index contributed by atoms with van der Waals surface area (Å²) in [6.45, 7) is 3.74. The SMILES string of the molecule is CC(=O)C1CNC(C(=O)N2CCC(c3nc4ccccc4[nH]3)CC2)C1. The number of piperidine rings is 1. The van der Waals surface area contributed by atoms with Crippen LogP contribution in [0.4, 0.5) is 0 Å². The predicted octanol–water partition coefficient (Wildman–Crippen LogP) is 1.84. The topological polar surface area (TPSA) is 78.1 Å². The molecule has 2 aromatic rings. The Morgan fingerprint density at radius 1 is 1.20 bits per heavy atom. The van der Waals surface area contributed by atoms with E-state index in [1.165, 1.54) is 0 Å². The molecular formula is C19H24N4O2. The zero-order valence-electron chi connectivity index (χ0n) is 14.5. The summed E-state index contributed by atoms with van der Waals surface area (Å²) >= 11 is 0. The first-order chi connectivity index (χ1) is 12.1. The molecule has 25 heavy (non-hydrogen) atoms. The van der Waals surface area contributed by atoms with Crippen molar-refractivity contribution in [3.05, 3.63) is 30.1 Å². The lowest BCUT2D eigenvalue weighted by atomic mass is 9.95. The van der Waals surface area contributed by atoms with Crippen molar-refractivity contribution in [2.24, 2.45) is 5.92 Å². The van der Waals surface area contributed by atoms with Gasteiger partial charge in [-0.25, -0.2) is 4.98 Å². The molecule has 4 rings (SSSR count). The van der Waals surface area contributed by atoms with Crippen molar-refractivity contribution < 1.29 is 9.59 Å². The smallest absolute Gasteiger partial charge is 0.239 e. The molecule has 3 heterocycles. The lowest BCUT2D eigenvalue weighted by molar-refractivity contribution is -0.134. The van der Waals surface area contributed by atoms with E-state index in [-0.39, 0.29) is 23.7 Å². The Labute approximate surface area is 147 Å². The first kappa shape index (κ1) is 16.3. The average Bonchev–Trinajstić information content (AvgIpc) is 3.28. The number of nitrogens with zero attached hydrogens (tertiary/aromatic N) is 2. The molecule has 2 atom stereocenters. The molecule has 0 radical (unpaired) electrons. The van der Waals surface area contributed by atoms with Crippen LogP contribution < -0.4 is 5.32 Å². The number of benzene rings is 1. The summed E-state index contributed by atoms with van der Waals surface area (Å²) in [5.41, 5.74) is 2.07. The first-order valence-corrected chi connectivity index (χ1v) is 9.09. The van der Waals surface area contributed by atoms with Crippen molar-refractivity contribution in [2.75, 3.05) is 19.6 Å². The predicted molar refractivity (Wildman–Crippen MR) is 95.2 cm³/mol. The molecule has 6 nitrogen and oxygen atoms in total. The highest BCUT2D eigenvalue weighted by Crippen LogP contribution is 2.28. The van der Waals surface area contributed by atoms with Gasteiger partial charge in [0.15, 0.2) is 0 Å². The fraction of sp³-hybridized carbons (Fsp3) is 0.526. The highest BCUT2D eigenvalue weighted by Gasteiger charge is 2.35. The van der Waals surface area contributed by atoms with Crippen molar-refractivity contribution in [3.8, 4) is 0 Å². The second kappa shape index (κ2) is 6.59. The Balaban J connectivity index is 1.36. The van der Waals surface area contributed by atoms with Gasteiger partial charge in [0.25, 0.3) is 0 Å². The van der Waals surface area contributed by atoms with Crippen LogP contribution >= 0.6 is 0 Å². The molecule has 2 N–H and O–H groups in total. The largest absolute Gasteiger partial charge is 0.342 e. The number of carbonyl (C=O) groups excluding carboxylic acids is 2. The Hall–Kier alpha value is -2.21. The zero-order chi connectivity index (χ0) is 17.4. The molecule has 1 aromatic carbocycles. The van der Waals surface area contributed by atoms with E-state index in [1.807, 2.05) is 29.2 Å². The van der Waals surface area contributed by atoms with E-state index in [2.05, 4.69) is 10.3 Å². The summed E-state index contributed by atoms with van der Waals surface area (Å²) in [4.78, 5) is 34.2. The number of carbonyl (C=O) groups is 2. The third-order valence-electron chi connectivity index (χ3n) is 5.60. The quantitative estimate of drug-likeness (QED) is 0.894. The Morgan fingerprint density at radius 3 is 2.64 bits per heavy atom. The normalized spacial score (nSPS) is 24.8. The molecule has 0 bridgehead atoms. The maximum absolute atomic E-state index is 12.7. The number of ketones is 1. The number of H-pyrrole nitrogens is 1. The number of aromatic amines is 1. The van der Waals surface area contributed by atoms with E-state index in [0.29, 0.717) is 18.9 Å². The maximum atomic E-state index is 12.7. The number of rotatable bonds is 3. The molecular weight excluding hydrogens is 316 g/mol. The van der Waals surface area contributed by atoms with Gasteiger partial charge in [-0.1, -0.05) is 12.1 Å². The number of amides is 1. The molecule has 2 saturated heterocycles. The molecule has 1 amide bonds. The first-order valence-electron chi connectivity index (χ1n) is 9.09. The van der Waals surface area contributed by atoms with Crippen LogP contribution in [0.2, 0.25) is 0 Å². The van der Waals surface area contributed by atoms with Crippen molar-refractivity contribution in [3.63, 3.8) is 0 Å². The number of hydrogen-bond acceptors (Lipinski definition) is 4. The Bertz CT molecular complexity index is 759. The molecule has 2 aliphatic rings. The average molecular weight is 340 g/mol. The van der Waals surface area contributed by atoms with Gasteiger partial charge in [-0.15, -0.1) is 0 Å². The van der Waals surface area contributed by atoms with Gasteiger partial charge in [0, 0.05) is 31.5 Å². The Morgan fingerprint density at radius 2 is 1.96 bits per heavy atom. The van der Waals surface area contributed by atoms with Crippen LogP contribution in [0.3, 0.4) is 0 Å². The zero-order valence-corrected chi connectivity index (χ0v) is 14.5. The molecule has 6 heteroatoms. The number of para-hydroxylation sites is 2. The van der Waals surface area contributed by atoms with Gasteiger partial charge < -0.3 is 15.2 Å². The van der Waals surface area contributed by atoms with Gasteiger partial charge in [0.05, 0.1) is 17.1 Å². The van der Waals surface area contributed by atoms with Gasteiger partial charge in [0.1, 0.15) is 11.6 Å². The molecule has 2 aliphatic heterocycles. The van der Waals surface area contributed by atoms with Crippen LogP contribution in [0.25, 0.3) is 11.0 Å². The summed E-state index contributed by atoms with van der Waals surface area (Å²) in [6, 6.07) is 7.87. The number of fused-ring (bicyclic) bond motifs is 1. The van der Waals surface area contributed by atoms with Crippen molar-refractivity contribution in [1.82, 2.24) is 20.2 Å². The second-order valence-electron chi connectivity index (χ2n) is 7.24. The number of nitrogens with one attached hydrogen (secondary N) is 2. The second-order valence-corrected chi connectivity index (χ2v) is 7.24. The molecule has 132 valence electrons. The highest BCUT2D eigenvalue weighted by molar-refractivity contribution is 5.85. The number of likely N-dealkylation sites (tertiary alicyclic amines) is 1. The minimum absolute atomic E-state index is 0.0120. The fourth-order valence-electron chi connectivity index (χ4n) is 3.99. The van der Waals surface area contributed by atoms with Gasteiger partial charge >= 0.3 is 0 Å². The van der Waals surface area contributed by atoms with E-state index in [0.717, 1.165) is 42.8 Å². The van der Waals surface area contributed by atoms with Crippen LogP contribution in [-0.2, 0) is 9.59 Å². The number of hydrogen-bond donors (Lipinski definition) is 2. The molecule has 2 fully saturated rings. The van der Waals surface area contributed by atoms with Crippen LogP contribution in [0, 0.1) is 5.92 Å². The summed E-state index contributed by atoms with van der Waals surface area (Å²) in [6.07, 6.45) is 2.49. The molecule has 1 aromatic heterocycles. The van der Waals surface area contributed by atoms with Gasteiger partial charge in [0.2, 0.25) is 5.91 Å². The van der Waals surface area contributed by atoms with E-state index in [1.54, 1.807) is 6.92 Å². The summed E-state index contributed by atoms with van der Waals surface area (Å²) < 4.78 is 0. The van der Waals surface area contributed by atoms with E-state index in [9.17, 15) is 9.59 Å². The van der Waals surface area contributed by atoms with Crippen LogP contribution in [0.15, 0.2) is 24.3 Å². The van der Waals surface area contributed by atoms with Gasteiger partial charge in [-0.2, -0.15) is 0 Å². The van der Waals surface area contributed by atoms with Crippen molar-refractivity contribution in [1.29, 1.82) is 0 Å². The van der Waals surface area contributed by atoms with E-state index >= 15 is 0 Å². The van der Waals surface area contributed by atoms with Crippen LogP contribution in [0.5, 0.6) is 0 Å². The van der Waals surface area contributed by atoms with Gasteiger partial charge in [-0.05, 0) is 38.3 Å². The summed E-state index contributed by atoms with van der Waals surface area (Å²) in [5, 5.41) is 3.22. The maximum Gasteiger partial charge on any atom is 0.239 e. The van der Waals surface area contributed by atoms with E-state index < -0.39 is 0 Å². The lowest BCUT2D eigenvalue weighted by Crippen LogP contribution is -2.46. The molecule has 0 aliphatic carbocycles. The summed E-state index contributed by atoms with van der Waals surface area (Å²) in [7, 11) is 0. The third kappa shape index (κ3) is 3.18. The molecule has 0 spiro atoms. The molecule has 2 unspecified atom stereocenters. The van der Waals surface area contributed by atoms with Crippen molar-refractivity contribution in [2.45, 2.75) is 38.1 Å². The fourth-order valence-corrected chi connectivity index (χ4v) is 3.99. The number of Topliss-reactive ketones (excluding diaryl/α,β-unsaturated/α-hetero) is 1. The molecule has 0 saturated carbocycles. The Kier molecular flexibility index (Phi) is 4.29. The van der Waals surface area contributed by atoms with Crippen molar-refractivity contribution >= 4 is 22.7 Å². The van der Waals surface area contributed by atoms with Gasteiger partial charge in [-0.3, -0.25) is 9.59 Å². The van der Waals surface area contributed by atoms with Crippen LogP contribution in [0.1, 0.15) is 37.9 Å². The van der Waals surface area contributed by atoms with Crippen LogP contribution in [-0.4, -0.2) is 52.2 Å². The standard InChI is InChI=1S/C19H24N4O2/c1-12(24)14-10-17(20-11-14)19(25)23-8-6-13(7-9-23)18-21-15-4-2-3-5-16(15)22-18/h2-5,13-14,17,20H,6-11H2,1H3,(H,21,22). The highest BCUT2D eigenvalue weighted by atomic mass is 16.2. The lowest BCUT2D eigenvalue weighted by Gasteiger charge is -2.32. The van der Waals surface area contributed by atoms with E-state index in [4.69, 9.17) is 4.98 Å². The third-order valence-corrected chi connectivity index (χ3v) is 5.60. The number of aromatic nitrogens is 2. The monoisotopic (exact) mass is 340 g/mol.